The number of piperidine rings is 2. The number of ether oxygens (including phenoxy) is 2. The zero-order chi connectivity index (χ0) is 20.9. The standard InChI is InChI=1S/C21H33N3O4S/c1-21(2,3)28-20(25)23-16-9-13-24(14-10-16)29(26)19-6-4-5-18(15-19)27-17-7-11-22-12-8-17/h4-6,15-17,22H,7-14H2,1-3H3,(H,23,25). The third kappa shape index (κ3) is 7.06. The molecular formula is C21H33N3O4S. The van der Waals surface area contributed by atoms with Crippen molar-refractivity contribution in [2.45, 2.75) is 69.1 Å². The molecule has 0 saturated carbocycles. The second kappa shape index (κ2) is 10.0. The molecule has 1 aromatic rings. The Kier molecular flexibility index (Phi) is 7.67. The van der Waals surface area contributed by atoms with Gasteiger partial charge in [0.25, 0.3) is 0 Å². The first-order chi connectivity index (χ1) is 13.8. The number of carbonyl (C=O) groups excluding carboxylic acids is 1. The highest BCUT2D eigenvalue weighted by molar-refractivity contribution is 7.89. The fraction of sp³-hybridized carbons (Fsp3) is 0.667. The van der Waals surface area contributed by atoms with Gasteiger partial charge in [0.2, 0.25) is 0 Å². The lowest BCUT2D eigenvalue weighted by molar-refractivity contribution is 0.0489. The molecule has 1 aromatic carbocycles. The first-order valence-electron chi connectivity index (χ1n) is 10.4. The lowest BCUT2D eigenvalue weighted by atomic mass is 10.1. The molecule has 0 spiro atoms. The second-order valence-electron chi connectivity index (χ2n) is 8.64. The Morgan fingerprint density at radius 2 is 1.90 bits per heavy atom. The van der Waals surface area contributed by atoms with Crippen LogP contribution in [0.25, 0.3) is 0 Å². The number of amides is 1. The molecular weight excluding hydrogens is 390 g/mol. The second-order valence-corrected chi connectivity index (χ2v) is 10.1. The van der Waals surface area contributed by atoms with Crippen LogP contribution in [0.5, 0.6) is 5.75 Å². The van der Waals surface area contributed by atoms with E-state index >= 15 is 0 Å². The van der Waals surface area contributed by atoms with Gasteiger partial charge in [0.05, 0.1) is 11.4 Å². The van der Waals surface area contributed by atoms with Gasteiger partial charge in [-0.05, 0) is 71.7 Å². The molecule has 2 heterocycles. The summed E-state index contributed by atoms with van der Waals surface area (Å²) >= 11 is -1.23. The van der Waals surface area contributed by atoms with E-state index in [1.165, 1.54) is 0 Å². The number of benzene rings is 1. The molecule has 2 aliphatic rings. The van der Waals surface area contributed by atoms with E-state index in [4.69, 9.17) is 9.47 Å². The van der Waals surface area contributed by atoms with Crippen molar-refractivity contribution in [2.24, 2.45) is 0 Å². The maximum Gasteiger partial charge on any atom is 0.407 e. The van der Waals surface area contributed by atoms with E-state index in [1.54, 1.807) is 0 Å². The summed E-state index contributed by atoms with van der Waals surface area (Å²) in [5.41, 5.74) is -0.506. The van der Waals surface area contributed by atoms with E-state index in [9.17, 15) is 9.35 Å². The van der Waals surface area contributed by atoms with Gasteiger partial charge in [-0.2, -0.15) is 0 Å². The van der Waals surface area contributed by atoms with Crippen LogP contribution in [-0.2, 0) is 16.1 Å². The molecule has 162 valence electrons. The van der Waals surface area contributed by atoms with Crippen molar-refractivity contribution in [3.05, 3.63) is 24.3 Å². The number of nitrogens with zero attached hydrogens (tertiary/aromatic N) is 1. The topological polar surface area (TPSA) is 85.9 Å². The molecule has 29 heavy (non-hydrogen) atoms. The molecule has 7 nitrogen and oxygen atoms in total. The highest BCUT2D eigenvalue weighted by atomic mass is 32.2. The Labute approximate surface area is 176 Å². The molecule has 1 atom stereocenters. The zero-order valence-corrected chi connectivity index (χ0v) is 18.4. The molecule has 1 amide bonds. The van der Waals surface area contributed by atoms with Gasteiger partial charge in [0, 0.05) is 25.2 Å². The van der Waals surface area contributed by atoms with Crippen LogP contribution in [-0.4, -0.2) is 58.9 Å². The summed E-state index contributed by atoms with van der Waals surface area (Å²) < 4.78 is 26.4. The van der Waals surface area contributed by atoms with Gasteiger partial charge in [-0.1, -0.05) is 6.07 Å². The summed E-state index contributed by atoms with van der Waals surface area (Å²) in [6, 6.07) is 7.66. The summed E-state index contributed by atoms with van der Waals surface area (Å²) in [6.45, 7) is 8.81. The van der Waals surface area contributed by atoms with Crippen LogP contribution < -0.4 is 15.4 Å². The predicted octanol–water partition coefficient (Wildman–Crippen LogP) is 2.83. The van der Waals surface area contributed by atoms with E-state index in [-0.39, 0.29) is 18.2 Å². The lowest BCUT2D eigenvalue weighted by Gasteiger charge is -2.32. The van der Waals surface area contributed by atoms with Gasteiger partial charge in [-0.3, -0.25) is 0 Å². The number of hydrogen-bond acceptors (Lipinski definition) is 6. The van der Waals surface area contributed by atoms with Gasteiger partial charge in [0.1, 0.15) is 17.5 Å². The molecule has 0 bridgehead atoms. The normalized spacial score (nSPS) is 20.8. The Morgan fingerprint density at radius 1 is 1.21 bits per heavy atom. The molecule has 0 aromatic heterocycles. The van der Waals surface area contributed by atoms with Gasteiger partial charge in [-0.25, -0.2) is 4.79 Å². The van der Waals surface area contributed by atoms with Crippen molar-refractivity contribution in [1.29, 1.82) is 0 Å². The third-order valence-electron chi connectivity index (χ3n) is 5.01. The summed E-state index contributed by atoms with van der Waals surface area (Å²) in [4.78, 5) is 12.7. The molecule has 2 saturated heterocycles. The maximum atomic E-state index is 13.0. The SMILES string of the molecule is CC(C)(C)OC(=O)NC1CCN([S+]([O-])c2cccc(OC3CCNCC3)c2)CC1. The van der Waals surface area contributed by atoms with Crippen molar-refractivity contribution in [3.63, 3.8) is 0 Å². The molecule has 3 rings (SSSR count). The highest BCUT2D eigenvalue weighted by Gasteiger charge is 2.30. The van der Waals surface area contributed by atoms with E-state index in [1.807, 2.05) is 49.3 Å². The Morgan fingerprint density at radius 3 is 2.55 bits per heavy atom. The van der Waals surface area contributed by atoms with Crippen molar-refractivity contribution < 1.29 is 18.8 Å². The number of carbonyl (C=O) groups is 1. The van der Waals surface area contributed by atoms with E-state index < -0.39 is 17.0 Å². The van der Waals surface area contributed by atoms with Gasteiger partial charge in [0.15, 0.2) is 4.90 Å². The minimum atomic E-state index is -1.23. The molecule has 2 N–H and O–H groups in total. The average molecular weight is 424 g/mol. The molecule has 0 radical (unpaired) electrons. The maximum absolute atomic E-state index is 13.0. The van der Waals surface area contributed by atoms with Crippen molar-refractivity contribution >= 4 is 17.5 Å². The van der Waals surface area contributed by atoms with Crippen LogP contribution in [0.4, 0.5) is 4.79 Å². The highest BCUT2D eigenvalue weighted by Crippen LogP contribution is 2.25. The monoisotopic (exact) mass is 423 g/mol. The third-order valence-corrected chi connectivity index (χ3v) is 6.50. The first kappa shape index (κ1) is 22.2. The van der Waals surface area contributed by atoms with Gasteiger partial charge in [-0.15, -0.1) is 4.31 Å². The number of nitrogens with one attached hydrogen (secondary N) is 2. The van der Waals surface area contributed by atoms with Crippen molar-refractivity contribution in [3.8, 4) is 5.75 Å². The molecule has 8 heteroatoms. The number of rotatable bonds is 5. The smallest absolute Gasteiger partial charge is 0.407 e. The Hall–Kier alpha value is -1.48. The van der Waals surface area contributed by atoms with Crippen LogP contribution in [0, 0.1) is 0 Å². The minimum Gasteiger partial charge on any atom is -0.593 e. The quantitative estimate of drug-likeness (QED) is 0.709. The summed E-state index contributed by atoms with van der Waals surface area (Å²) in [5.74, 6) is 0.782. The Balaban J connectivity index is 1.49. The summed E-state index contributed by atoms with van der Waals surface area (Å²) in [5, 5.41) is 6.25. The van der Waals surface area contributed by atoms with Crippen LogP contribution in [0.2, 0.25) is 0 Å². The van der Waals surface area contributed by atoms with Crippen LogP contribution in [0.3, 0.4) is 0 Å². The van der Waals surface area contributed by atoms with E-state index in [0.29, 0.717) is 13.1 Å². The van der Waals surface area contributed by atoms with E-state index in [2.05, 4.69) is 10.6 Å². The molecule has 2 aliphatic heterocycles. The average Bonchev–Trinajstić information content (AvgIpc) is 2.67. The van der Waals surface area contributed by atoms with Gasteiger partial charge >= 0.3 is 6.09 Å². The first-order valence-corrected chi connectivity index (χ1v) is 11.5. The van der Waals surface area contributed by atoms with Gasteiger partial charge < -0.3 is 24.7 Å². The Bertz CT molecular complexity index is 668. The largest absolute Gasteiger partial charge is 0.593 e. The number of alkyl carbamates (subject to hydrolysis) is 1. The van der Waals surface area contributed by atoms with Crippen LogP contribution in [0.15, 0.2) is 29.2 Å². The number of hydrogen-bond donors (Lipinski definition) is 2. The molecule has 1 unspecified atom stereocenters. The van der Waals surface area contributed by atoms with Crippen LogP contribution in [0.1, 0.15) is 46.5 Å². The fourth-order valence-corrected chi connectivity index (χ4v) is 4.80. The molecule has 2 fully saturated rings. The van der Waals surface area contributed by atoms with Crippen LogP contribution >= 0.6 is 0 Å². The fourth-order valence-electron chi connectivity index (χ4n) is 3.55. The van der Waals surface area contributed by atoms with Crippen molar-refractivity contribution in [2.75, 3.05) is 26.2 Å². The summed E-state index contributed by atoms with van der Waals surface area (Å²) in [6.07, 6.45) is 3.30. The molecule has 0 aliphatic carbocycles. The summed E-state index contributed by atoms with van der Waals surface area (Å²) in [7, 11) is 0. The lowest BCUT2D eigenvalue weighted by Crippen LogP contribution is -2.47. The van der Waals surface area contributed by atoms with Crippen molar-refractivity contribution in [1.82, 2.24) is 14.9 Å². The minimum absolute atomic E-state index is 0.0488. The zero-order valence-electron chi connectivity index (χ0n) is 17.6. The predicted molar refractivity (Wildman–Crippen MR) is 113 cm³/mol. The van der Waals surface area contributed by atoms with E-state index in [0.717, 1.165) is 49.4 Å².